The fraction of sp³-hybridized carbons (Fsp3) is 0.353. The lowest BCUT2D eigenvalue weighted by atomic mass is 9.94. The molecular weight excluding hydrogens is 278 g/mol. The number of ether oxygens (including phenoxy) is 1. The lowest BCUT2D eigenvalue weighted by molar-refractivity contribution is 0.232. The Balaban J connectivity index is 1.53. The third kappa shape index (κ3) is 3.08. The summed E-state index contributed by atoms with van der Waals surface area (Å²) in [6, 6.07) is 9.85. The highest BCUT2D eigenvalue weighted by Crippen LogP contribution is 2.35. The molecule has 0 spiro atoms. The van der Waals surface area contributed by atoms with Gasteiger partial charge >= 0.3 is 6.03 Å². The first-order chi connectivity index (χ1) is 10.6. The molecule has 0 radical (unpaired) electrons. The van der Waals surface area contributed by atoms with Gasteiger partial charge in [0.15, 0.2) is 0 Å². The van der Waals surface area contributed by atoms with Crippen molar-refractivity contribution in [3.63, 3.8) is 0 Å². The molecule has 0 bridgehead atoms. The highest BCUT2D eigenvalue weighted by molar-refractivity contribution is 5.74. The summed E-state index contributed by atoms with van der Waals surface area (Å²) in [5.41, 5.74) is 2.25. The molecule has 2 aromatic rings. The van der Waals surface area contributed by atoms with Crippen LogP contribution in [-0.2, 0) is 13.6 Å². The van der Waals surface area contributed by atoms with E-state index in [1.54, 1.807) is 0 Å². The minimum absolute atomic E-state index is 0.0134. The molecule has 5 nitrogen and oxygen atoms in total. The Morgan fingerprint density at radius 1 is 1.41 bits per heavy atom. The molecule has 0 fully saturated rings. The molecule has 3 rings (SSSR count). The Morgan fingerprint density at radius 3 is 3.00 bits per heavy atom. The number of carbonyl (C=O) groups excluding carboxylic acids is 1. The molecule has 5 heteroatoms. The summed E-state index contributed by atoms with van der Waals surface area (Å²) >= 11 is 0. The van der Waals surface area contributed by atoms with E-state index in [4.69, 9.17) is 4.74 Å². The van der Waals surface area contributed by atoms with E-state index in [9.17, 15) is 4.79 Å². The Labute approximate surface area is 130 Å². The van der Waals surface area contributed by atoms with Crippen LogP contribution in [0.15, 0.2) is 42.7 Å². The molecule has 0 saturated carbocycles. The number of aryl methyl sites for hydroxylation is 1. The summed E-state index contributed by atoms with van der Waals surface area (Å²) in [6.45, 7) is 3.15. The largest absolute Gasteiger partial charge is 0.493 e. The number of urea groups is 1. The summed E-state index contributed by atoms with van der Waals surface area (Å²) in [5.74, 6) is 1.12. The maximum atomic E-state index is 12.0. The van der Waals surface area contributed by atoms with Crippen LogP contribution in [0.5, 0.6) is 5.75 Å². The first-order valence-electron chi connectivity index (χ1n) is 7.50. The van der Waals surface area contributed by atoms with Gasteiger partial charge < -0.3 is 19.9 Å². The van der Waals surface area contributed by atoms with Gasteiger partial charge in [-0.05, 0) is 24.6 Å². The molecule has 2 unspecified atom stereocenters. The van der Waals surface area contributed by atoms with Crippen LogP contribution in [0, 0.1) is 0 Å². The number of amides is 2. The highest BCUT2D eigenvalue weighted by atomic mass is 16.5. The van der Waals surface area contributed by atoms with Crippen LogP contribution < -0.4 is 15.4 Å². The zero-order chi connectivity index (χ0) is 15.5. The predicted octanol–water partition coefficient (Wildman–Crippen LogP) is 2.39. The standard InChI is InChI=1S/C17H21N3O2/c1-12(15-11-22-16-6-4-3-5-14(15)16)19-17(21)18-9-13-7-8-20(2)10-13/h3-8,10,12,15H,9,11H2,1-2H3,(H2,18,19,21). The lowest BCUT2D eigenvalue weighted by Gasteiger charge is -2.20. The van der Waals surface area contributed by atoms with Gasteiger partial charge in [0.1, 0.15) is 5.75 Å². The summed E-state index contributed by atoms with van der Waals surface area (Å²) in [4.78, 5) is 12.0. The summed E-state index contributed by atoms with van der Waals surface area (Å²) < 4.78 is 7.63. The monoisotopic (exact) mass is 299 g/mol. The van der Waals surface area contributed by atoms with Crippen LogP contribution in [0.2, 0.25) is 0 Å². The maximum Gasteiger partial charge on any atom is 0.315 e. The number of hydrogen-bond acceptors (Lipinski definition) is 2. The fourth-order valence-corrected chi connectivity index (χ4v) is 2.81. The van der Waals surface area contributed by atoms with Gasteiger partial charge in [0.05, 0.1) is 6.61 Å². The minimum atomic E-state index is -0.152. The minimum Gasteiger partial charge on any atom is -0.493 e. The van der Waals surface area contributed by atoms with E-state index in [-0.39, 0.29) is 18.0 Å². The molecule has 1 aliphatic rings. The third-order valence-corrected chi connectivity index (χ3v) is 4.05. The quantitative estimate of drug-likeness (QED) is 0.911. The van der Waals surface area contributed by atoms with Crippen LogP contribution in [0.25, 0.3) is 0 Å². The van der Waals surface area contributed by atoms with E-state index >= 15 is 0 Å². The molecule has 1 aromatic heterocycles. The Morgan fingerprint density at radius 2 is 2.23 bits per heavy atom. The molecule has 116 valence electrons. The van der Waals surface area contributed by atoms with Crippen molar-refractivity contribution in [3.8, 4) is 5.75 Å². The Hall–Kier alpha value is -2.43. The molecule has 2 N–H and O–H groups in total. The number of para-hydroxylation sites is 1. The maximum absolute atomic E-state index is 12.0. The predicted molar refractivity (Wildman–Crippen MR) is 84.9 cm³/mol. The smallest absolute Gasteiger partial charge is 0.315 e. The molecule has 0 aliphatic carbocycles. The SMILES string of the molecule is CC(NC(=O)NCc1ccn(C)c1)C1COc2ccccc21. The van der Waals surface area contributed by atoms with Crippen molar-refractivity contribution >= 4 is 6.03 Å². The molecule has 1 aliphatic heterocycles. The van der Waals surface area contributed by atoms with Gasteiger partial charge in [0.2, 0.25) is 0 Å². The molecule has 0 saturated heterocycles. The number of nitrogens with one attached hydrogen (secondary N) is 2. The van der Waals surface area contributed by atoms with E-state index < -0.39 is 0 Å². The van der Waals surface area contributed by atoms with Gasteiger partial charge in [-0.15, -0.1) is 0 Å². The summed E-state index contributed by atoms with van der Waals surface area (Å²) in [5, 5.41) is 5.89. The third-order valence-electron chi connectivity index (χ3n) is 4.05. The topological polar surface area (TPSA) is 55.3 Å². The normalized spacial score (nSPS) is 17.5. The van der Waals surface area contributed by atoms with Crippen LogP contribution >= 0.6 is 0 Å². The second kappa shape index (κ2) is 6.13. The molecule has 22 heavy (non-hydrogen) atoms. The van der Waals surface area contributed by atoms with Gasteiger partial charge in [0.25, 0.3) is 0 Å². The summed E-state index contributed by atoms with van der Waals surface area (Å²) in [6.07, 6.45) is 3.95. The zero-order valence-corrected chi connectivity index (χ0v) is 12.9. The van der Waals surface area contributed by atoms with E-state index in [0.29, 0.717) is 13.2 Å². The van der Waals surface area contributed by atoms with Gasteiger partial charge in [-0.25, -0.2) is 4.79 Å². The molecule has 2 amide bonds. The van der Waals surface area contributed by atoms with Crippen molar-refractivity contribution < 1.29 is 9.53 Å². The van der Waals surface area contributed by atoms with E-state index in [1.165, 1.54) is 5.56 Å². The number of rotatable bonds is 4. The lowest BCUT2D eigenvalue weighted by Crippen LogP contribution is -2.43. The Bertz CT molecular complexity index is 665. The number of nitrogens with zero attached hydrogens (tertiary/aromatic N) is 1. The van der Waals surface area contributed by atoms with Gasteiger partial charge in [0, 0.05) is 43.5 Å². The van der Waals surface area contributed by atoms with Crippen molar-refractivity contribution in [1.82, 2.24) is 15.2 Å². The van der Waals surface area contributed by atoms with Crippen LogP contribution in [0.4, 0.5) is 4.79 Å². The van der Waals surface area contributed by atoms with E-state index in [1.807, 2.05) is 55.2 Å². The second-order valence-electron chi connectivity index (χ2n) is 5.76. The van der Waals surface area contributed by atoms with Gasteiger partial charge in [-0.2, -0.15) is 0 Å². The van der Waals surface area contributed by atoms with Crippen LogP contribution in [0.1, 0.15) is 24.0 Å². The second-order valence-corrected chi connectivity index (χ2v) is 5.76. The van der Waals surface area contributed by atoms with Crippen molar-refractivity contribution in [2.45, 2.75) is 25.4 Å². The van der Waals surface area contributed by atoms with Crippen molar-refractivity contribution in [2.24, 2.45) is 7.05 Å². The van der Waals surface area contributed by atoms with Crippen molar-refractivity contribution in [1.29, 1.82) is 0 Å². The van der Waals surface area contributed by atoms with Crippen LogP contribution in [0.3, 0.4) is 0 Å². The molecule has 2 atom stereocenters. The number of carbonyl (C=O) groups is 1. The van der Waals surface area contributed by atoms with Crippen molar-refractivity contribution in [2.75, 3.05) is 6.61 Å². The average molecular weight is 299 g/mol. The molecule has 1 aromatic carbocycles. The number of fused-ring (bicyclic) bond motifs is 1. The first-order valence-corrected chi connectivity index (χ1v) is 7.50. The van der Waals surface area contributed by atoms with E-state index in [2.05, 4.69) is 16.7 Å². The Kier molecular flexibility index (Phi) is 4.04. The fourth-order valence-electron chi connectivity index (χ4n) is 2.81. The number of aromatic nitrogens is 1. The molecular formula is C17H21N3O2. The van der Waals surface area contributed by atoms with Gasteiger partial charge in [-0.3, -0.25) is 0 Å². The zero-order valence-electron chi connectivity index (χ0n) is 12.9. The first kappa shape index (κ1) is 14.5. The average Bonchev–Trinajstić information content (AvgIpc) is 3.11. The van der Waals surface area contributed by atoms with E-state index in [0.717, 1.165) is 11.3 Å². The summed E-state index contributed by atoms with van der Waals surface area (Å²) in [7, 11) is 1.96. The highest BCUT2D eigenvalue weighted by Gasteiger charge is 2.29. The number of benzene rings is 1. The van der Waals surface area contributed by atoms with Crippen LogP contribution in [-0.4, -0.2) is 23.2 Å². The van der Waals surface area contributed by atoms with Crippen molar-refractivity contribution in [3.05, 3.63) is 53.9 Å². The molecule has 2 heterocycles. The van der Waals surface area contributed by atoms with Gasteiger partial charge in [-0.1, -0.05) is 18.2 Å². The number of hydrogen-bond donors (Lipinski definition) is 2.